The molecule has 0 aromatic heterocycles. The smallest absolute Gasteiger partial charge is 0.309 e. The van der Waals surface area contributed by atoms with Crippen molar-refractivity contribution < 1.29 is 28.6 Å². The Morgan fingerprint density at radius 2 is 0.629 bits per heavy atom. The monoisotopic (exact) mass is 867 g/mol. The average Bonchev–Trinajstić information content (AvgIpc) is 3.27. The number of carbonyl (C=O) groups excluding carboxylic acids is 3. The fourth-order valence-corrected chi connectivity index (χ4v) is 7.40. The van der Waals surface area contributed by atoms with Gasteiger partial charge in [-0.3, -0.25) is 14.4 Å². The Morgan fingerprint density at radius 3 is 0.984 bits per heavy atom. The number of allylic oxidation sites excluding steroid dienone is 9. The zero-order valence-corrected chi connectivity index (χ0v) is 40.9. The molecule has 0 radical (unpaired) electrons. The maximum Gasteiger partial charge on any atom is 0.309 e. The highest BCUT2D eigenvalue weighted by Crippen LogP contribution is 2.16. The van der Waals surface area contributed by atoms with Crippen molar-refractivity contribution in [2.45, 2.75) is 264 Å². The Balaban J connectivity index is 4.47. The van der Waals surface area contributed by atoms with E-state index in [4.69, 9.17) is 14.2 Å². The van der Waals surface area contributed by atoms with Crippen molar-refractivity contribution in [3.05, 3.63) is 60.8 Å². The molecule has 0 spiro atoms. The molecule has 0 aliphatic heterocycles. The lowest BCUT2D eigenvalue weighted by Gasteiger charge is -2.18. The number of rotatable bonds is 47. The molecule has 358 valence electrons. The van der Waals surface area contributed by atoms with Gasteiger partial charge in [-0.25, -0.2) is 0 Å². The zero-order chi connectivity index (χ0) is 45.1. The number of ether oxygens (including phenoxy) is 3. The molecule has 0 amide bonds. The summed E-state index contributed by atoms with van der Waals surface area (Å²) in [6, 6.07) is 0. The third kappa shape index (κ3) is 48.1. The minimum absolute atomic E-state index is 0.100. The van der Waals surface area contributed by atoms with E-state index in [1.54, 1.807) is 6.08 Å². The summed E-state index contributed by atoms with van der Waals surface area (Å²) in [5.74, 6) is -1.03. The van der Waals surface area contributed by atoms with E-state index in [-0.39, 0.29) is 31.6 Å². The molecule has 0 heterocycles. The van der Waals surface area contributed by atoms with Gasteiger partial charge in [0.05, 0.1) is 6.42 Å². The van der Waals surface area contributed by atoms with Gasteiger partial charge >= 0.3 is 17.9 Å². The van der Waals surface area contributed by atoms with Crippen molar-refractivity contribution in [2.24, 2.45) is 0 Å². The molecule has 62 heavy (non-hydrogen) atoms. The number of hydrogen-bond donors (Lipinski definition) is 0. The predicted molar refractivity (Wildman–Crippen MR) is 265 cm³/mol. The Hall–Kier alpha value is -2.89. The largest absolute Gasteiger partial charge is 0.462 e. The maximum atomic E-state index is 12.8. The minimum Gasteiger partial charge on any atom is -0.462 e. The molecule has 0 aliphatic carbocycles. The highest BCUT2D eigenvalue weighted by molar-refractivity contribution is 5.72. The Bertz CT molecular complexity index is 1130. The zero-order valence-electron chi connectivity index (χ0n) is 40.9. The molecule has 0 fully saturated rings. The Labute approximate surface area is 383 Å². The number of esters is 3. The Morgan fingerprint density at radius 1 is 0.339 bits per heavy atom. The average molecular weight is 867 g/mol. The molecule has 0 saturated carbocycles. The van der Waals surface area contributed by atoms with Gasteiger partial charge in [0.15, 0.2) is 6.10 Å². The second-order valence-electron chi connectivity index (χ2n) is 17.4. The van der Waals surface area contributed by atoms with E-state index >= 15 is 0 Å². The van der Waals surface area contributed by atoms with Crippen molar-refractivity contribution in [1.29, 1.82) is 0 Å². The first-order valence-electron chi connectivity index (χ1n) is 26.3. The molecule has 0 bridgehead atoms. The molecule has 6 heteroatoms. The number of hydrogen-bond acceptors (Lipinski definition) is 6. The predicted octanol–water partition coefficient (Wildman–Crippen LogP) is 17.3. The summed E-state index contributed by atoms with van der Waals surface area (Å²) >= 11 is 0. The molecule has 0 N–H and O–H groups in total. The lowest BCUT2D eigenvalue weighted by Crippen LogP contribution is -2.30. The van der Waals surface area contributed by atoms with Crippen LogP contribution in [0.15, 0.2) is 60.8 Å². The normalized spacial score (nSPS) is 12.5. The first-order chi connectivity index (χ1) is 30.5. The van der Waals surface area contributed by atoms with E-state index in [0.717, 1.165) is 70.6 Å². The second-order valence-corrected chi connectivity index (χ2v) is 17.4. The van der Waals surface area contributed by atoms with Crippen LogP contribution in [0.25, 0.3) is 0 Å². The lowest BCUT2D eigenvalue weighted by molar-refractivity contribution is -0.166. The molecule has 1 unspecified atom stereocenters. The van der Waals surface area contributed by atoms with Crippen LogP contribution in [0.1, 0.15) is 258 Å². The standard InChI is InChI=1S/C56H98O6/c1-4-7-10-13-16-19-22-25-28-31-34-37-40-43-46-49-55(58)61-52-53(51-60-54(57)48-45-42-39-36-33-30-27-24-21-18-15-12-9-6-3)62-56(59)50-47-44-41-38-35-32-29-26-23-20-17-14-11-8-5-2/h7,10,16,19,25,28,34,37,43,46,53H,4-6,8-9,11-15,17-18,20-24,26-27,29-33,35-36,38-42,44-45,47-52H2,1-3H3/b10-7-,19-16-,28-25-,37-34-,46-43-. The summed E-state index contributed by atoms with van der Waals surface area (Å²) in [6.45, 7) is 6.45. The van der Waals surface area contributed by atoms with Gasteiger partial charge in [-0.15, -0.1) is 0 Å². The van der Waals surface area contributed by atoms with E-state index in [1.807, 2.05) is 6.08 Å². The summed E-state index contributed by atoms with van der Waals surface area (Å²) in [5.41, 5.74) is 0. The van der Waals surface area contributed by atoms with E-state index in [0.29, 0.717) is 12.8 Å². The van der Waals surface area contributed by atoms with E-state index in [2.05, 4.69) is 69.4 Å². The quantitative estimate of drug-likeness (QED) is 0.0262. The summed E-state index contributed by atoms with van der Waals surface area (Å²) in [4.78, 5) is 37.9. The van der Waals surface area contributed by atoms with E-state index in [9.17, 15) is 14.4 Å². The molecule has 0 aliphatic rings. The van der Waals surface area contributed by atoms with Gasteiger partial charge in [-0.05, 0) is 44.9 Å². The van der Waals surface area contributed by atoms with Crippen molar-refractivity contribution >= 4 is 17.9 Å². The van der Waals surface area contributed by atoms with Gasteiger partial charge < -0.3 is 14.2 Å². The van der Waals surface area contributed by atoms with Crippen molar-refractivity contribution in [3.8, 4) is 0 Å². The molecule has 0 aromatic rings. The van der Waals surface area contributed by atoms with Gasteiger partial charge in [-0.2, -0.15) is 0 Å². The fraction of sp³-hybridized carbons (Fsp3) is 0.768. The van der Waals surface area contributed by atoms with Crippen LogP contribution in [0.4, 0.5) is 0 Å². The van der Waals surface area contributed by atoms with Crippen molar-refractivity contribution in [1.82, 2.24) is 0 Å². The molecule has 0 rings (SSSR count). The molecule has 1 atom stereocenters. The summed E-state index contributed by atoms with van der Waals surface area (Å²) in [5, 5.41) is 0. The highest BCUT2D eigenvalue weighted by Gasteiger charge is 2.19. The third-order valence-corrected chi connectivity index (χ3v) is 11.3. The van der Waals surface area contributed by atoms with Gasteiger partial charge in [0.1, 0.15) is 13.2 Å². The first-order valence-corrected chi connectivity index (χ1v) is 26.3. The minimum atomic E-state index is -0.809. The van der Waals surface area contributed by atoms with Gasteiger partial charge in [-0.1, -0.05) is 255 Å². The molecule has 0 aromatic carbocycles. The van der Waals surface area contributed by atoms with Crippen LogP contribution in [-0.4, -0.2) is 37.2 Å². The van der Waals surface area contributed by atoms with E-state index in [1.165, 1.54) is 148 Å². The van der Waals surface area contributed by atoms with Crippen LogP contribution in [0.3, 0.4) is 0 Å². The molecule has 6 nitrogen and oxygen atoms in total. The van der Waals surface area contributed by atoms with Gasteiger partial charge in [0.25, 0.3) is 0 Å². The van der Waals surface area contributed by atoms with Crippen LogP contribution in [0, 0.1) is 0 Å². The topological polar surface area (TPSA) is 78.9 Å². The van der Waals surface area contributed by atoms with Crippen LogP contribution >= 0.6 is 0 Å². The Kier molecular flexibility index (Phi) is 48.4. The van der Waals surface area contributed by atoms with Crippen LogP contribution in [-0.2, 0) is 28.6 Å². The first kappa shape index (κ1) is 59.1. The van der Waals surface area contributed by atoms with Crippen molar-refractivity contribution in [3.63, 3.8) is 0 Å². The molecule has 0 saturated heterocycles. The maximum absolute atomic E-state index is 12.8. The second kappa shape index (κ2) is 50.8. The van der Waals surface area contributed by atoms with Gasteiger partial charge in [0.2, 0.25) is 0 Å². The van der Waals surface area contributed by atoms with Crippen LogP contribution < -0.4 is 0 Å². The highest BCUT2D eigenvalue weighted by atomic mass is 16.6. The van der Waals surface area contributed by atoms with Crippen LogP contribution in [0.2, 0.25) is 0 Å². The molecular weight excluding hydrogens is 769 g/mol. The van der Waals surface area contributed by atoms with E-state index < -0.39 is 12.1 Å². The lowest BCUT2D eigenvalue weighted by atomic mass is 10.0. The SMILES string of the molecule is CC/C=C\C/C=C\C/C=C\C/C=C\C/C=C\CC(=O)OCC(COC(=O)CCCCCCCCCCCCCCCC)OC(=O)CCCCCCCCCCCCCCCCC. The summed E-state index contributed by atoms with van der Waals surface area (Å²) in [7, 11) is 0. The summed E-state index contributed by atoms with van der Waals surface area (Å²) < 4.78 is 16.7. The number of unbranched alkanes of at least 4 members (excludes halogenated alkanes) is 27. The molecular formula is C56H98O6. The fourth-order valence-electron chi connectivity index (χ4n) is 7.40. The summed E-state index contributed by atoms with van der Waals surface area (Å²) in [6.07, 6.45) is 62.3. The van der Waals surface area contributed by atoms with Crippen molar-refractivity contribution in [2.75, 3.05) is 13.2 Å². The third-order valence-electron chi connectivity index (χ3n) is 11.3. The van der Waals surface area contributed by atoms with Crippen LogP contribution in [0.5, 0.6) is 0 Å². The number of carbonyl (C=O) groups is 3. The van der Waals surface area contributed by atoms with Gasteiger partial charge in [0, 0.05) is 12.8 Å².